The highest BCUT2D eigenvalue weighted by Gasteiger charge is 2.27. The largest absolute Gasteiger partial charge is 0.421 e. The Morgan fingerprint density at radius 1 is 1.22 bits per heavy atom. The van der Waals surface area contributed by atoms with E-state index in [4.69, 9.17) is 4.42 Å². The van der Waals surface area contributed by atoms with Crippen LogP contribution in [0.15, 0.2) is 50.4 Å². The number of thiophene rings is 1. The first-order valence-corrected chi connectivity index (χ1v) is 9.77. The van der Waals surface area contributed by atoms with Gasteiger partial charge in [-0.05, 0) is 23.6 Å². The normalized spacial score (nSPS) is 11.5. The van der Waals surface area contributed by atoms with Gasteiger partial charge < -0.3 is 9.73 Å². The molecule has 3 aromatic rings. The van der Waals surface area contributed by atoms with Crippen molar-refractivity contribution < 1.29 is 22.4 Å². The molecule has 10 heteroatoms. The van der Waals surface area contributed by atoms with Gasteiger partial charge in [0.2, 0.25) is 17.7 Å². The first-order valence-electron chi connectivity index (χ1n) is 7.84. The minimum atomic E-state index is -4.28. The van der Waals surface area contributed by atoms with Crippen molar-refractivity contribution in [3.63, 3.8) is 0 Å². The van der Waals surface area contributed by atoms with E-state index in [1.165, 1.54) is 17.4 Å². The molecule has 0 radical (unpaired) electrons. The molecule has 142 valence electrons. The van der Waals surface area contributed by atoms with Crippen LogP contribution in [0, 0.1) is 0 Å². The third kappa shape index (κ3) is 5.83. The maximum absolute atomic E-state index is 12.4. The molecule has 0 atom stereocenters. The molecule has 3 rings (SSSR count). The molecule has 0 aliphatic heterocycles. The fraction of sp³-hybridized carbons (Fsp3) is 0.235. The van der Waals surface area contributed by atoms with Gasteiger partial charge in [-0.15, -0.1) is 22.0 Å². The molecular weight excluding hydrogens is 399 g/mol. The Morgan fingerprint density at radius 2 is 2.04 bits per heavy atom. The fourth-order valence-corrected chi connectivity index (χ4v) is 3.54. The third-order valence-corrected chi connectivity index (χ3v) is 5.18. The highest BCUT2D eigenvalue weighted by atomic mass is 32.2. The molecule has 0 fully saturated rings. The summed E-state index contributed by atoms with van der Waals surface area (Å²) in [4.78, 5) is 12.5. The molecule has 0 spiro atoms. The summed E-state index contributed by atoms with van der Waals surface area (Å²) < 4.78 is 42.8. The molecule has 1 aromatic carbocycles. The van der Waals surface area contributed by atoms with E-state index in [0.29, 0.717) is 34.1 Å². The lowest BCUT2D eigenvalue weighted by Crippen LogP contribution is -2.14. The lowest BCUT2D eigenvalue weighted by Gasteiger charge is -2.11. The second-order valence-electron chi connectivity index (χ2n) is 5.46. The number of halogens is 3. The summed E-state index contributed by atoms with van der Waals surface area (Å²) in [5.74, 6) is -0.648. The summed E-state index contributed by atoms with van der Waals surface area (Å²) in [5.41, 5.74) is 1.17. The molecule has 0 unspecified atom stereocenters. The average Bonchev–Trinajstić information content (AvgIpc) is 3.30. The molecule has 0 bridgehead atoms. The van der Waals surface area contributed by atoms with Crippen molar-refractivity contribution in [2.45, 2.75) is 23.9 Å². The fourth-order valence-electron chi connectivity index (χ4n) is 2.15. The van der Waals surface area contributed by atoms with Crippen molar-refractivity contribution in [3.8, 4) is 11.5 Å². The van der Waals surface area contributed by atoms with E-state index in [1.54, 1.807) is 18.2 Å². The Bertz CT molecular complexity index is 895. The van der Waals surface area contributed by atoms with Crippen LogP contribution in [0.2, 0.25) is 0 Å². The molecule has 0 aliphatic carbocycles. The van der Waals surface area contributed by atoms with Crippen molar-refractivity contribution in [2.75, 3.05) is 11.1 Å². The molecular formula is C17H14F3N3O2S2. The van der Waals surface area contributed by atoms with Gasteiger partial charge in [-0.25, -0.2) is 0 Å². The number of carbonyl (C=O) groups is 1. The number of aryl methyl sites for hydroxylation is 1. The van der Waals surface area contributed by atoms with E-state index in [0.717, 1.165) is 5.56 Å². The van der Waals surface area contributed by atoms with E-state index < -0.39 is 11.9 Å². The molecule has 1 amide bonds. The number of anilines is 1. The number of nitrogens with one attached hydrogen (secondary N) is 1. The van der Waals surface area contributed by atoms with Crippen molar-refractivity contribution in [3.05, 3.63) is 47.0 Å². The number of thioether (sulfide) groups is 1. The minimum Gasteiger partial charge on any atom is -0.421 e. The summed E-state index contributed by atoms with van der Waals surface area (Å²) in [6.45, 7) is 0. The maximum atomic E-state index is 12.4. The number of hydrogen-bond acceptors (Lipinski definition) is 6. The second-order valence-corrected chi connectivity index (χ2v) is 7.26. The van der Waals surface area contributed by atoms with Gasteiger partial charge >= 0.3 is 6.18 Å². The van der Waals surface area contributed by atoms with Crippen LogP contribution in [0.1, 0.15) is 12.3 Å². The van der Waals surface area contributed by atoms with Gasteiger partial charge in [0.15, 0.2) is 0 Å². The van der Waals surface area contributed by atoms with Crippen LogP contribution < -0.4 is 5.32 Å². The number of para-hydroxylation sites is 1. The van der Waals surface area contributed by atoms with Gasteiger partial charge in [0.25, 0.3) is 0 Å². The van der Waals surface area contributed by atoms with Crippen LogP contribution in [0.25, 0.3) is 11.5 Å². The quantitative estimate of drug-likeness (QED) is 0.551. The lowest BCUT2D eigenvalue weighted by molar-refractivity contribution is -0.116. The number of nitrogens with zero attached hydrogens (tertiary/aromatic N) is 2. The smallest absolute Gasteiger partial charge is 0.398 e. The number of hydrogen-bond donors (Lipinski definition) is 1. The predicted molar refractivity (Wildman–Crippen MR) is 97.8 cm³/mol. The Balaban J connectivity index is 1.55. The highest BCUT2D eigenvalue weighted by molar-refractivity contribution is 7.99. The monoisotopic (exact) mass is 413 g/mol. The summed E-state index contributed by atoms with van der Waals surface area (Å²) in [7, 11) is 0. The van der Waals surface area contributed by atoms with Crippen LogP contribution >= 0.6 is 23.1 Å². The predicted octanol–water partition coefficient (Wildman–Crippen LogP) is 5.02. The third-order valence-electron chi connectivity index (χ3n) is 3.35. The number of alkyl halides is 3. The molecule has 0 saturated carbocycles. The van der Waals surface area contributed by atoms with E-state index >= 15 is 0 Å². The van der Waals surface area contributed by atoms with Crippen LogP contribution in [0.5, 0.6) is 0 Å². The van der Waals surface area contributed by atoms with Crippen molar-refractivity contribution in [1.82, 2.24) is 10.2 Å². The number of carbonyl (C=O) groups excluding carboxylic acids is 1. The van der Waals surface area contributed by atoms with Crippen molar-refractivity contribution >= 4 is 34.7 Å². The highest BCUT2D eigenvalue weighted by Crippen LogP contribution is 2.32. The van der Waals surface area contributed by atoms with E-state index in [-0.39, 0.29) is 18.7 Å². The molecule has 2 aromatic heterocycles. The van der Waals surface area contributed by atoms with E-state index in [2.05, 4.69) is 15.5 Å². The van der Waals surface area contributed by atoms with Crippen LogP contribution in [-0.2, 0) is 11.2 Å². The summed E-state index contributed by atoms with van der Waals surface area (Å²) in [6, 6.07) is 8.23. The zero-order valence-electron chi connectivity index (χ0n) is 13.8. The van der Waals surface area contributed by atoms with Gasteiger partial charge in [-0.1, -0.05) is 12.1 Å². The SMILES string of the molecule is O=C(CCc1nnc(-c2ccsc2)o1)Nc1ccccc1SCC(F)(F)F. The first-order chi connectivity index (χ1) is 12.9. The zero-order chi connectivity index (χ0) is 19.3. The molecule has 0 aliphatic rings. The zero-order valence-corrected chi connectivity index (χ0v) is 15.5. The Labute approximate surface area is 161 Å². The topological polar surface area (TPSA) is 68.0 Å². The Hall–Kier alpha value is -2.33. The Kier molecular flexibility index (Phi) is 6.17. The summed E-state index contributed by atoms with van der Waals surface area (Å²) in [5, 5.41) is 14.2. The van der Waals surface area contributed by atoms with Crippen LogP contribution in [-0.4, -0.2) is 28.0 Å². The second kappa shape index (κ2) is 8.57. The molecule has 0 saturated heterocycles. The summed E-state index contributed by atoms with van der Waals surface area (Å²) >= 11 is 2.14. The average molecular weight is 413 g/mol. The van der Waals surface area contributed by atoms with Crippen LogP contribution in [0.3, 0.4) is 0 Å². The number of amides is 1. The van der Waals surface area contributed by atoms with Crippen LogP contribution in [0.4, 0.5) is 18.9 Å². The number of rotatable bonds is 7. The maximum Gasteiger partial charge on any atom is 0.398 e. The van der Waals surface area contributed by atoms with Gasteiger partial charge in [0.05, 0.1) is 11.4 Å². The summed E-state index contributed by atoms with van der Waals surface area (Å²) in [6.07, 6.45) is -3.97. The van der Waals surface area contributed by atoms with Gasteiger partial charge in [0.1, 0.15) is 0 Å². The first kappa shape index (κ1) is 19.4. The van der Waals surface area contributed by atoms with Gasteiger partial charge in [-0.2, -0.15) is 24.5 Å². The van der Waals surface area contributed by atoms with Gasteiger partial charge in [-0.3, -0.25) is 4.79 Å². The standard InChI is InChI=1S/C17H14F3N3O2S2/c18-17(19,20)10-27-13-4-2-1-3-12(13)21-14(24)5-6-15-22-23-16(25-15)11-7-8-26-9-11/h1-4,7-9H,5-6,10H2,(H,21,24). The molecule has 2 heterocycles. The van der Waals surface area contributed by atoms with Gasteiger partial charge in [0, 0.05) is 28.7 Å². The Morgan fingerprint density at radius 3 is 2.78 bits per heavy atom. The van der Waals surface area contributed by atoms with Crippen molar-refractivity contribution in [1.29, 1.82) is 0 Å². The van der Waals surface area contributed by atoms with E-state index in [9.17, 15) is 18.0 Å². The lowest BCUT2D eigenvalue weighted by atomic mass is 10.2. The number of aromatic nitrogens is 2. The minimum absolute atomic E-state index is 0.0730. The molecule has 1 N–H and O–H groups in total. The van der Waals surface area contributed by atoms with E-state index in [1.807, 2.05) is 16.8 Å². The molecule has 5 nitrogen and oxygen atoms in total. The van der Waals surface area contributed by atoms with Crippen molar-refractivity contribution in [2.24, 2.45) is 0 Å². The number of benzene rings is 1. The molecule has 27 heavy (non-hydrogen) atoms.